The van der Waals surface area contributed by atoms with Crippen LogP contribution in [-0.2, 0) is 21.2 Å². The second-order valence-corrected chi connectivity index (χ2v) is 12.5. The van der Waals surface area contributed by atoms with Crippen molar-refractivity contribution in [3.05, 3.63) is 125 Å². The van der Waals surface area contributed by atoms with Crippen molar-refractivity contribution in [2.24, 2.45) is 5.73 Å². The van der Waals surface area contributed by atoms with Crippen molar-refractivity contribution in [2.45, 2.75) is 35.7 Å². The van der Waals surface area contributed by atoms with Crippen molar-refractivity contribution in [3.63, 3.8) is 0 Å². The molecule has 1 aliphatic rings. The summed E-state index contributed by atoms with van der Waals surface area (Å²) in [5, 5.41) is 6.05. The molecular weight excluding hydrogens is 591 g/mol. The zero-order chi connectivity index (χ0) is 31.3. The molecule has 2 heterocycles. The Morgan fingerprint density at radius 3 is 2.39 bits per heavy atom. The fourth-order valence-corrected chi connectivity index (χ4v) is 7.18. The van der Waals surface area contributed by atoms with E-state index in [2.05, 4.69) is 15.6 Å². The summed E-state index contributed by atoms with van der Waals surface area (Å²) < 4.78 is 70.3. The van der Waals surface area contributed by atoms with Crippen molar-refractivity contribution in [2.75, 3.05) is 25.0 Å². The number of halogens is 3. The summed E-state index contributed by atoms with van der Waals surface area (Å²) >= 11 is 0. The molecule has 8 nitrogen and oxygen atoms in total. The standard InChI is InChI=1S/C32H32F3N5O3S/c33-24-9-6-22(7-10-24)30(23-16-25(34)18-26(35)17-23)31(36)32(41)39-29-20-37-13-12-21(29)8-11-27-19-38-14-15-40(27)44(42,43)28-4-2-1-3-5-28/h1-7,9-10,12-13,16-18,20,27,30-31,38H,8,11,14-15,19,36H2,(H,39,41)/t27-,30-,31-/m0/s1. The molecule has 0 unspecified atom stereocenters. The Balaban J connectivity index is 1.35. The van der Waals surface area contributed by atoms with Crippen molar-refractivity contribution < 1.29 is 26.4 Å². The normalized spacial score (nSPS) is 17.1. The van der Waals surface area contributed by atoms with E-state index in [1.54, 1.807) is 42.6 Å². The van der Waals surface area contributed by atoms with Crippen molar-refractivity contribution in [3.8, 4) is 0 Å². The van der Waals surface area contributed by atoms with E-state index in [1.807, 2.05) is 0 Å². The van der Waals surface area contributed by atoms with Crippen molar-refractivity contribution >= 4 is 21.6 Å². The second kappa shape index (κ2) is 13.7. The lowest BCUT2D eigenvalue weighted by Crippen LogP contribution is -2.53. The van der Waals surface area contributed by atoms with Crippen molar-refractivity contribution in [1.29, 1.82) is 0 Å². The van der Waals surface area contributed by atoms with Gasteiger partial charge in [-0.25, -0.2) is 21.6 Å². The maximum Gasteiger partial charge on any atom is 0.243 e. The molecule has 0 saturated carbocycles. The lowest BCUT2D eigenvalue weighted by Gasteiger charge is -2.35. The van der Waals surface area contributed by atoms with E-state index < -0.39 is 45.3 Å². The number of piperazine rings is 1. The molecule has 3 atom stereocenters. The molecule has 4 aromatic rings. The molecule has 1 aliphatic heterocycles. The molecule has 230 valence electrons. The maximum absolute atomic E-state index is 14.2. The molecule has 0 spiro atoms. The highest BCUT2D eigenvalue weighted by Gasteiger charge is 2.34. The van der Waals surface area contributed by atoms with Gasteiger partial charge in [-0.1, -0.05) is 30.3 Å². The van der Waals surface area contributed by atoms with Crippen molar-refractivity contribution in [1.82, 2.24) is 14.6 Å². The first-order valence-corrected chi connectivity index (χ1v) is 15.6. The fraction of sp³-hybridized carbons (Fsp3) is 0.250. The van der Waals surface area contributed by atoms with Crippen LogP contribution < -0.4 is 16.4 Å². The molecule has 1 aromatic heterocycles. The molecule has 5 rings (SSSR count). The van der Waals surface area contributed by atoms with E-state index in [-0.39, 0.29) is 16.5 Å². The van der Waals surface area contributed by atoms with Crippen LogP contribution in [-0.4, -0.2) is 55.3 Å². The smallest absolute Gasteiger partial charge is 0.243 e. The molecule has 1 saturated heterocycles. The van der Waals surface area contributed by atoms with Gasteiger partial charge in [0.1, 0.15) is 17.5 Å². The summed E-state index contributed by atoms with van der Waals surface area (Å²) in [6.07, 6.45) is 3.90. The molecule has 4 N–H and O–H groups in total. The van der Waals surface area contributed by atoms with Crippen LogP contribution in [0.2, 0.25) is 0 Å². The van der Waals surface area contributed by atoms with Crippen LogP contribution >= 0.6 is 0 Å². The van der Waals surface area contributed by atoms with Gasteiger partial charge >= 0.3 is 0 Å². The molecule has 1 fully saturated rings. The number of aromatic nitrogens is 1. The van der Waals surface area contributed by atoms with E-state index >= 15 is 0 Å². The van der Waals surface area contributed by atoms with Crippen LogP contribution in [0.3, 0.4) is 0 Å². The Hall–Kier alpha value is -4.10. The number of carbonyl (C=O) groups is 1. The molecule has 0 bridgehead atoms. The quantitative estimate of drug-likeness (QED) is 0.244. The highest BCUT2D eigenvalue weighted by atomic mass is 32.2. The Morgan fingerprint density at radius 1 is 0.977 bits per heavy atom. The number of nitrogens with two attached hydrogens (primary N) is 1. The van der Waals surface area contributed by atoms with Crippen LogP contribution in [0.5, 0.6) is 0 Å². The number of rotatable bonds is 10. The van der Waals surface area contributed by atoms with E-state index in [0.717, 1.165) is 12.1 Å². The lowest BCUT2D eigenvalue weighted by molar-refractivity contribution is -0.117. The van der Waals surface area contributed by atoms with Gasteiger partial charge in [-0.15, -0.1) is 0 Å². The van der Waals surface area contributed by atoms with E-state index in [1.165, 1.54) is 34.8 Å². The van der Waals surface area contributed by atoms with Gasteiger partial charge in [0.2, 0.25) is 15.9 Å². The van der Waals surface area contributed by atoms with Crippen LogP contribution in [0.25, 0.3) is 0 Å². The predicted octanol–water partition coefficient (Wildman–Crippen LogP) is 4.19. The molecule has 1 amide bonds. The average Bonchev–Trinajstić information content (AvgIpc) is 3.01. The number of sulfonamides is 1. The molecule has 12 heteroatoms. The summed E-state index contributed by atoms with van der Waals surface area (Å²) in [4.78, 5) is 17.9. The first-order valence-electron chi connectivity index (χ1n) is 14.1. The first kappa shape index (κ1) is 31.3. The minimum absolute atomic E-state index is 0.118. The van der Waals surface area contributed by atoms with Crippen LogP contribution in [0.1, 0.15) is 29.0 Å². The fourth-order valence-electron chi connectivity index (χ4n) is 5.51. The Kier molecular flexibility index (Phi) is 9.74. The first-order chi connectivity index (χ1) is 21.1. The SMILES string of the molecule is N[C@H](C(=O)Nc1cnccc1CC[C@H]1CNCCN1S(=O)(=O)c1ccccc1)[C@@H](c1ccc(F)cc1)c1cc(F)cc(F)c1. The zero-order valence-corrected chi connectivity index (χ0v) is 24.5. The van der Waals surface area contributed by atoms with Gasteiger partial charge < -0.3 is 16.4 Å². The van der Waals surface area contributed by atoms with Crippen LogP contribution in [0.15, 0.2) is 96.2 Å². The molecule has 0 radical (unpaired) electrons. The largest absolute Gasteiger partial charge is 0.323 e. The van der Waals surface area contributed by atoms with Gasteiger partial charge in [-0.05, 0) is 72.0 Å². The second-order valence-electron chi connectivity index (χ2n) is 10.6. The number of benzene rings is 3. The third kappa shape index (κ3) is 7.16. The molecular formula is C32H32F3N5O3S. The highest BCUT2D eigenvalue weighted by Crippen LogP contribution is 2.30. The van der Waals surface area contributed by atoms with Gasteiger partial charge in [0, 0.05) is 43.9 Å². The molecule has 3 aromatic carbocycles. The number of hydrogen-bond donors (Lipinski definition) is 3. The summed E-state index contributed by atoms with van der Waals surface area (Å²) in [5.41, 5.74) is 8.02. The number of amides is 1. The monoisotopic (exact) mass is 623 g/mol. The van der Waals surface area contributed by atoms with Gasteiger partial charge in [0.25, 0.3) is 0 Å². The topological polar surface area (TPSA) is 117 Å². The summed E-state index contributed by atoms with van der Waals surface area (Å²) in [5.74, 6) is -3.83. The number of nitrogens with one attached hydrogen (secondary N) is 2. The average molecular weight is 624 g/mol. The molecule has 0 aliphatic carbocycles. The summed E-state index contributed by atoms with van der Waals surface area (Å²) in [7, 11) is -3.71. The molecule has 44 heavy (non-hydrogen) atoms. The summed E-state index contributed by atoms with van der Waals surface area (Å²) in [6, 6.07) is 16.5. The third-order valence-electron chi connectivity index (χ3n) is 7.70. The predicted molar refractivity (Wildman–Crippen MR) is 161 cm³/mol. The maximum atomic E-state index is 14.2. The minimum Gasteiger partial charge on any atom is -0.323 e. The highest BCUT2D eigenvalue weighted by molar-refractivity contribution is 7.89. The van der Waals surface area contributed by atoms with Crippen LogP contribution in [0, 0.1) is 17.5 Å². The number of pyridine rings is 1. The van der Waals surface area contributed by atoms with E-state index in [4.69, 9.17) is 5.73 Å². The Morgan fingerprint density at radius 2 is 1.68 bits per heavy atom. The Bertz CT molecular complexity index is 1690. The number of hydrogen-bond acceptors (Lipinski definition) is 6. The number of carbonyl (C=O) groups excluding carboxylic acids is 1. The minimum atomic E-state index is -3.71. The third-order valence-corrected chi connectivity index (χ3v) is 9.66. The zero-order valence-electron chi connectivity index (χ0n) is 23.7. The van der Waals surface area contributed by atoms with Gasteiger partial charge in [-0.3, -0.25) is 9.78 Å². The number of aryl methyl sites for hydroxylation is 1. The van der Waals surface area contributed by atoms with Gasteiger partial charge in [0.05, 0.1) is 22.8 Å². The summed E-state index contributed by atoms with van der Waals surface area (Å²) in [6.45, 7) is 1.32. The number of anilines is 1. The Labute approximate surface area is 254 Å². The van der Waals surface area contributed by atoms with Gasteiger partial charge in [0.15, 0.2) is 0 Å². The number of nitrogens with zero attached hydrogens (tertiary/aromatic N) is 2. The van der Waals surface area contributed by atoms with E-state index in [0.29, 0.717) is 55.4 Å². The van der Waals surface area contributed by atoms with Gasteiger partial charge in [-0.2, -0.15) is 4.31 Å². The lowest BCUT2D eigenvalue weighted by atomic mass is 9.84. The van der Waals surface area contributed by atoms with Crippen LogP contribution in [0.4, 0.5) is 18.9 Å². The van der Waals surface area contributed by atoms with E-state index in [9.17, 15) is 26.4 Å².